The van der Waals surface area contributed by atoms with Gasteiger partial charge in [0.2, 0.25) is 0 Å². The Morgan fingerprint density at radius 3 is 2.30 bits per heavy atom. The maximum Gasteiger partial charge on any atom is 0.431 e. The Balaban J connectivity index is 1.72. The Morgan fingerprint density at radius 2 is 1.64 bits per heavy atom. The molecule has 1 atom stereocenters. The third-order valence-electron chi connectivity index (χ3n) is 4.97. The summed E-state index contributed by atoms with van der Waals surface area (Å²) in [5.41, 5.74) is -2.09. The first kappa shape index (κ1) is 23.0. The van der Waals surface area contributed by atoms with Crippen LogP contribution in [-0.2, 0) is 12.6 Å². The van der Waals surface area contributed by atoms with E-state index in [4.69, 9.17) is 0 Å². The van der Waals surface area contributed by atoms with Crippen LogP contribution in [-0.4, -0.2) is 17.1 Å². The molecule has 0 radical (unpaired) electrons. The molecule has 2 N–H and O–H groups in total. The minimum atomic E-state index is -4.79. The number of pyridine rings is 1. The number of H-pyrrole nitrogens is 1. The van der Waals surface area contributed by atoms with Gasteiger partial charge in [-0.3, -0.25) is 9.59 Å². The van der Waals surface area contributed by atoms with Gasteiger partial charge in [-0.1, -0.05) is 42.1 Å². The number of benzene rings is 2. The number of hydrogen-bond acceptors (Lipinski definition) is 3. The number of rotatable bonds is 3. The van der Waals surface area contributed by atoms with Crippen molar-refractivity contribution in [2.24, 2.45) is 0 Å². The maximum atomic E-state index is 12.9. The zero-order valence-electron chi connectivity index (χ0n) is 16.5. The first-order valence-electron chi connectivity index (χ1n) is 9.50. The van der Waals surface area contributed by atoms with Crippen LogP contribution < -0.4 is 10.9 Å². The van der Waals surface area contributed by atoms with E-state index in [1.54, 1.807) is 29.2 Å². The fourth-order valence-corrected chi connectivity index (χ4v) is 4.66. The van der Waals surface area contributed by atoms with Gasteiger partial charge in [0.05, 0.1) is 12.5 Å². The molecule has 2 heterocycles. The summed E-state index contributed by atoms with van der Waals surface area (Å²) >= 11 is 1.32. The number of nitrogens with one attached hydrogen (secondary N) is 2. The lowest BCUT2D eigenvalue weighted by atomic mass is 9.95. The molecule has 0 spiro atoms. The van der Waals surface area contributed by atoms with Crippen molar-refractivity contribution in [3.63, 3.8) is 0 Å². The molecular weight excluding hydrogens is 470 g/mol. The van der Waals surface area contributed by atoms with E-state index in [-0.39, 0.29) is 5.56 Å². The second kappa shape index (κ2) is 8.29. The Hall–Kier alpha value is -3.21. The molecule has 4 rings (SSSR count). The molecule has 11 heteroatoms. The number of hydrogen-bond donors (Lipinski definition) is 2. The summed E-state index contributed by atoms with van der Waals surface area (Å²) < 4.78 is 77.1. The topological polar surface area (TPSA) is 62.0 Å². The molecule has 0 aliphatic carbocycles. The highest BCUT2D eigenvalue weighted by Crippen LogP contribution is 2.45. The summed E-state index contributed by atoms with van der Waals surface area (Å²) in [7, 11) is 0. The monoisotopic (exact) mass is 484 g/mol. The van der Waals surface area contributed by atoms with Gasteiger partial charge in [-0.05, 0) is 41.0 Å². The average molecular weight is 484 g/mol. The fourth-order valence-electron chi connectivity index (χ4n) is 3.54. The van der Waals surface area contributed by atoms with E-state index >= 15 is 0 Å². The molecule has 0 saturated carbocycles. The third-order valence-corrected chi connectivity index (χ3v) is 6.16. The van der Waals surface area contributed by atoms with E-state index in [0.717, 1.165) is 11.0 Å². The number of aromatic nitrogens is 1. The van der Waals surface area contributed by atoms with Crippen LogP contribution in [0.5, 0.6) is 0 Å². The summed E-state index contributed by atoms with van der Waals surface area (Å²) in [5.74, 6) is -0.955. The molecule has 3 aromatic rings. The lowest BCUT2D eigenvalue weighted by Gasteiger charge is -2.29. The lowest BCUT2D eigenvalue weighted by molar-refractivity contribution is -0.141. The molecule has 4 nitrogen and oxygen atoms in total. The van der Waals surface area contributed by atoms with Crippen molar-refractivity contribution in [1.29, 1.82) is 0 Å². The number of halogens is 6. The SMILES string of the molecule is O=C(NC1c2ccccc2Sc2ccc(CC(F)(F)F)cc21)c1ccc(C(F)(F)F)[nH]c1=O. The highest BCUT2D eigenvalue weighted by atomic mass is 32.2. The molecule has 172 valence electrons. The van der Waals surface area contributed by atoms with Crippen LogP contribution in [0.3, 0.4) is 0 Å². The normalized spacial score (nSPS) is 15.5. The number of carbonyl (C=O) groups is 1. The van der Waals surface area contributed by atoms with Crippen molar-refractivity contribution in [1.82, 2.24) is 10.3 Å². The number of alkyl halides is 6. The summed E-state index contributed by atoms with van der Waals surface area (Å²) in [6, 6.07) is 11.6. The van der Waals surface area contributed by atoms with Gasteiger partial charge in [-0.15, -0.1) is 0 Å². The van der Waals surface area contributed by atoms with Crippen LogP contribution >= 0.6 is 11.8 Å². The van der Waals surface area contributed by atoms with Gasteiger partial charge in [-0.2, -0.15) is 26.3 Å². The zero-order valence-corrected chi connectivity index (χ0v) is 17.3. The quantitative estimate of drug-likeness (QED) is 0.484. The van der Waals surface area contributed by atoms with Gasteiger partial charge in [-0.25, -0.2) is 0 Å². The number of fused-ring (bicyclic) bond motifs is 2. The molecule has 2 aromatic carbocycles. The Labute approximate surface area is 187 Å². The smallest absolute Gasteiger partial charge is 0.341 e. The van der Waals surface area contributed by atoms with Crippen molar-refractivity contribution in [3.05, 3.63) is 92.9 Å². The van der Waals surface area contributed by atoms with Crippen molar-refractivity contribution < 1.29 is 31.1 Å². The number of carbonyl (C=O) groups excluding carboxylic acids is 1. The van der Waals surface area contributed by atoms with Gasteiger partial charge in [0.15, 0.2) is 0 Å². The first-order valence-corrected chi connectivity index (χ1v) is 10.3. The van der Waals surface area contributed by atoms with E-state index in [2.05, 4.69) is 5.32 Å². The summed E-state index contributed by atoms with van der Waals surface area (Å²) in [5, 5.41) is 2.60. The highest BCUT2D eigenvalue weighted by Gasteiger charge is 2.34. The second-order valence-electron chi connectivity index (χ2n) is 7.32. The largest absolute Gasteiger partial charge is 0.431 e. The minimum absolute atomic E-state index is 0.00661. The van der Waals surface area contributed by atoms with Crippen LogP contribution in [0.4, 0.5) is 26.3 Å². The minimum Gasteiger partial charge on any atom is -0.341 e. The molecule has 1 aromatic heterocycles. The van der Waals surface area contributed by atoms with E-state index in [9.17, 15) is 35.9 Å². The average Bonchev–Trinajstić information content (AvgIpc) is 2.72. The molecule has 1 unspecified atom stereocenters. The van der Waals surface area contributed by atoms with Crippen LogP contribution in [0.25, 0.3) is 0 Å². The van der Waals surface area contributed by atoms with Crippen LogP contribution in [0, 0.1) is 0 Å². The van der Waals surface area contributed by atoms with Crippen LogP contribution in [0.1, 0.15) is 38.8 Å². The molecule has 33 heavy (non-hydrogen) atoms. The van der Waals surface area contributed by atoms with Crippen molar-refractivity contribution in [3.8, 4) is 0 Å². The number of aromatic amines is 1. The Kier molecular flexibility index (Phi) is 5.77. The molecule has 0 saturated heterocycles. The maximum absolute atomic E-state index is 12.9. The molecule has 0 fully saturated rings. The second-order valence-corrected chi connectivity index (χ2v) is 8.41. The molecular formula is C22H14F6N2O2S. The predicted octanol–water partition coefficient (Wildman–Crippen LogP) is 5.48. The van der Waals surface area contributed by atoms with Gasteiger partial charge < -0.3 is 10.3 Å². The number of amides is 1. The van der Waals surface area contributed by atoms with Crippen LogP contribution in [0.2, 0.25) is 0 Å². The van der Waals surface area contributed by atoms with E-state index in [1.165, 1.54) is 30.0 Å². The van der Waals surface area contributed by atoms with Crippen molar-refractivity contribution in [2.75, 3.05) is 0 Å². The van der Waals surface area contributed by atoms with Gasteiger partial charge in [0, 0.05) is 9.79 Å². The lowest BCUT2D eigenvalue weighted by Crippen LogP contribution is -2.35. The fraction of sp³-hybridized carbons (Fsp3) is 0.182. The standard InChI is InChI=1S/C22H14F6N2O2S/c23-21(24,25)10-11-5-7-16-14(9-11)18(12-3-1-2-4-15(12)33-16)30-20(32)13-6-8-17(22(26,27)28)29-19(13)31/h1-9,18H,10H2,(H,29,31)(H,30,32). The summed E-state index contributed by atoms with van der Waals surface area (Å²) in [6.07, 6.45) is -10.4. The molecule has 1 aliphatic heterocycles. The zero-order chi connectivity index (χ0) is 24.0. The Morgan fingerprint density at radius 1 is 0.939 bits per heavy atom. The van der Waals surface area contributed by atoms with E-state index in [0.29, 0.717) is 22.1 Å². The van der Waals surface area contributed by atoms with Gasteiger partial charge in [0.25, 0.3) is 11.5 Å². The van der Waals surface area contributed by atoms with Crippen molar-refractivity contribution >= 4 is 17.7 Å². The summed E-state index contributed by atoms with van der Waals surface area (Å²) in [6.45, 7) is 0. The molecule has 1 aliphatic rings. The van der Waals surface area contributed by atoms with Crippen molar-refractivity contribution in [2.45, 2.75) is 34.6 Å². The van der Waals surface area contributed by atoms with Gasteiger partial charge in [0.1, 0.15) is 11.3 Å². The van der Waals surface area contributed by atoms with Crippen LogP contribution in [0.15, 0.2) is 69.2 Å². The molecule has 0 bridgehead atoms. The third kappa shape index (κ3) is 4.92. The Bertz CT molecular complexity index is 1280. The van der Waals surface area contributed by atoms with Gasteiger partial charge >= 0.3 is 12.4 Å². The van der Waals surface area contributed by atoms with E-state index in [1.807, 2.05) is 0 Å². The van der Waals surface area contributed by atoms with E-state index < -0.39 is 47.5 Å². The summed E-state index contributed by atoms with van der Waals surface area (Å²) in [4.78, 5) is 28.0. The molecule has 1 amide bonds. The highest BCUT2D eigenvalue weighted by molar-refractivity contribution is 7.99. The predicted molar refractivity (Wildman–Crippen MR) is 108 cm³/mol. The first-order chi connectivity index (χ1) is 15.4.